The van der Waals surface area contributed by atoms with E-state index in [9.17, 15) is 0 Å². The Labute approximate surface area is 249 Å². The number of hydrogen-bond donors (Lipinski definition) is 1. The van der Waals surface area contributed by atoms with E-state index in [0.717, 1.165) is 63.4 Å². The zero-order valence-electron chi connectivity index (χ0n) is 27.4. The van der Waals surface area contributed by atoms with Crippen LogP contribution in [0.25, 0.3) is 0 Å². The van der Waals surface area contributed by atoms with Gasteiger partial charge in [0.1, 0.15) is 23.3 Å². The van der Waals surface area contributed by atoms with Gasteiger partial charge in [-0.25, -0.2) is 9.97 Å². The number of aromatic nitrogens is 2. The van der Waals surface area contributed by atoms with Crippen LogP contribution in [0.3, 0.4) is 0 Å². The van der Waals surface area contributed by atoms with Crippen LogP contribution in [-0.2, 0) is 5.41 Å². The predicted octanol–water partition coefficient (Wildman–Crippen LogP) is 6.61. The summed E-state index contributed by atoms with van der Waals surface area (Å²) in [6, 6.07) is 8.86. The van der Waals surface area contributed by atoms with Gasteiger partial charge in [0.05, 0.1) is 6.20 Å². The van der Waals surface area contributed by atoms with Crippen molar-refractivity contribution in [3.63, 3.8) is 0 Å². The third-order valence-electron chi connectivity index (χ3n) is 8.53. The van der Waals surface area contributed by atoms with Crippen molar-refractivity contribution in [1.82, 2.24) is 20.2 Å². The van der Waals surface area contributed by atoms with E-state index in [1.54, 1.807) is 6.20 Å². The summed E-state index contributed by atoms with van der Waals surface area (Å²) in [5, 5.41) is 3.64. The van der Waals surface area contributed by atoms with Crippen LogP contribution in [0.1, 0.15) is 100 Å². The first-order chi connectivity index (χ1) is 19.0. The van der Waals surface area contributed by atoms with Gasteiger partial charge in [-0.3, -0.25) is 4.90 Å². The Hall–Kier alpha value is -2.38. The van der Waals surface area contributed by atoms with Crippen molar-refractivity contribution >= 4 is 5.82 Å². The summed E-state index contributed by atoms with van der Waals surface area (Å²) in [5.41, 5.74) is 1.41. The first kappa shape index (κ1) is 31.6. The van der Waals surface area contributed by atoms with Crippen molar-refractivity contribution in [3.8, 4) is 11.6 Å². The molecule has 4 rings (SSSR count). The monoisotopic (exact) mass is 565 g/mol. The minimum atomic E-state index is -0.291. The fourth-order valence-electron chi connectivity index (χ4n) is 5.79. The topological polar surface area (TPSA) is 62.8 Å². The molecule has 0 radical (unpaired) electrons. The number of anilines is 1. The van der Waals surface area contributed by atoms with E-state index in [2.05, 4.69) is 106 Å². The zero-order chi connectivity index (χ0) is 30.1. The van der Waals surface area contributed by atoms with Gasteiger partial charge in [0.2, 0.25) is 5.88 Å². The molecule has 2 aliphatic rings. The Morgan fingerprint density at radius 1 is 0.854 bits per heavy atom. The van der Waals surface area contributed by atoms with Crippen LogP contribution in [0.15, 0.2) is 36.7 Å². The van der Waals surface area contributed by atoms with Crippen molar-refractivity contribution in [2.45, 2.75) is 129 Å². The highest BCUT2D eigenvalue weighted by Gasteiger charge is 2.34. The third-order valence-corrected chi connectivity index (χ3v) is 8.53. The molecule has 1 aliphatic heterocycles. The van der Waals surface area contributed by atoms with Crippen LogP contribution in [0.2, 0.25) is 0 Å². The zero-order valence-corrected chi connectivity index (χ0v) is 27.4. The van der Waals surface area contributed by atoms with Gasteiger partial charge in [0.25, 0.3) is 0 Å². The van der Waals surface area contributed by atoms with E-state index in [-0.39, 0.29) is 28.2 Å². The molecule has 7 heteroatoms. The maximum absolute atomic E-state index is 6.41. The van der Waals surface area contributed by atoms with E-state index in [4.69, 9.17) is 9.47 Å². The lowest BCUT2D eigenvalue weighted by atomic mass is 9.87. The highest BCUT2D eigenvalue weighted by atomic mass is 16.5. The maximum atomic E-state index is 6.41. The molecule has 1 aliphatic carbocycles. The number of piperazine rings is 1. The number of pyridine rings is 2. The van der Waals surface area contributed by atoms with E-state index in [1.807, 2.05) is 18.3 Å². The Bertz CT molecular complexity index is 1120. The van der Waals surface area contributed by atoms with Crippen LogP contribution < -0.4 is 19.7 Å². The third kappa shape index (κ3) is 9.05. The molecule has 0 spiro atoms. The molecule has 0 aromatic carbocycles. The van der Waals surface area contributed by atoms with Crippen LogP contribution >= 0.6 is 0 Å². The number of nitrogens with zero attached hydrogens (tertiary/aromatic N) is 4. The van der Waals surface area contributed by atoms with Crippen molar-refractivity contribution in [1.29, 1.82) is 0 Å². The minimum absolute atomic E-state index is 0.0891. The number of hydrogen-bond acceptors (Lipinski definition) is 7. The fraction of sp³-hybridized carbons (Fsp3) is 0.706. The molecule has 1 saturated carbocycles. The molecule has 0 amide bonds. The van der Waals surface area contributed by atoms with Gasteiger partial charge >= 0.3 is 0 Å². The lowest BCUT2D eigenvalue weighted by Crippen LogP contribution is -2.55. The first-order valence-corrected chi connectivity index (χ1v) is 15.6. The standard InChI is InChI=1S/C34H55N5O2/c1-31(2,3)25-13-16-35-29(21-25)38-17-19-39(20-18-38)33(7,8)14-15-34(9,10)41-27-11-12-30(36-24-27)40-28-22-26(23-28)37-32(4,5)6/h11-13,16,21,24,26,28,37H,14-15,17-20,22-23H2,1-10H3. The maximum Gasteiger partial charge on any atom is 0.213 e. The van der Waals surface area contributed by atoms with Crippen molar-refractivity contribution in [2.24, 2.45) is 0 Å². The number of ether oxygens (including phenoxy) is 2. The molecule has 1 N–H and O–H groups in total. The summed E-state index contributed by atoms with van der Waals surface area (Å²) in [6.07, 6.45) is 8.05. The van der Waals surface area contributed by atoms with Gasteiger partial charge < -0.3 is 19.7 Å². The number of rotatable bonds is 10. The first-order valence-electron chi connectivity index (χ1n) is 15.6. The largest absolute Gasteiger partial charge is 0.486 e. The molecule has 0 atom stereocenters. The normalized spacial score (nSPS) is 21.0. The van der Waals surface area contributed by atoms with Crippen LogP contribution in [-0.4, -0.2) is 69.9 Å². The molecule has 3 heterocycles. The van der Waals surface area contributed by atoms with Gasteiger partial charge in [-0.2, -0.15) is 0 Å². The second-order valence-corrected chi connectivity index (χ2v) is 15.4. The summed E-state index contributed by atoms with van der Waals surface area (Å²) in [4.78, 5) is 14.3. The minimum Gasteiger partial charge on any atom is -0.486 e. The van der Waals surface area contributed by atoms with Gasteiger partial charge in [0, 0.05) is 55.6 Å². The summed E-state index contributed by atoms with van der Waals surface area (Å²) in [5.74, 6) is 2.57. The Balaban J connectivity index is 1.22. The quantitative estimate of drug-likeness (QED) is 0.348. The smallest absolute Gasteiger partial charge is 0.213 e. The van der Waals surface area contributed by atoms with E-state index in [1.165, 1.54) is 5.56 Å². The molecule has 2 fully saturated rings. The summed E-state index contributed by atoms with van der Waals surface area (Å²) < 4.78 is 12.5. The van der Waals surface area contributed by atoms with Gasteiger partial charge in [0.15, 0.2) is 0 Å². The Morgan fingerprint density at radius 2 is 1.54 bits per heavy atom. The molecule has 0 unspecified atom stereocenters. The highest BCUT2D eigenvalue weighted by molar-refractivity contribution is 5.43. The molecular weight excluding hydrogens is 510 g/mol. The molecule has 1 saturated heterocycles. The second-order valence-electron chi connectivity index (χ2n) is 15.4. The van der Waals surface area contributed by atoms with Crippen LogP contribution in [0.4, 0.5) is 5.82 Å². The predicted molar refractivity (Wildman–Crippen MR) is 169 cm³/mol. The summed E-state index contributed by atoms with van der Waals surface area (Å²) in [7, 11) is 0. The van der Waals surface area contributed by atoms with E-state index < -0.39 is 0 Å². The van der Waals surface area contributed by atoms with Gasteiger partial charge in [-0.1, -0.05) is 20.8 Å². The van der Waals surface area contributed by atoms with Gasteiger partial charge in [-0.05, 0) is 103 Å². The molecule has 0 bridgehead atoms. The molecule has 2 aromatic heterocycles. The van der Waals surface area contributed by atoms with Crippen molar-refractivity contribution in [2.75, 3.05) is 31.1 Å². The lowest BCUT2D eigenvalue weighted by molar-refractivity contribution is 0.0510. The van der Waals surface area contributed by atoms with Gasteiger partial charge in [-0.15, -0.1) is 0 Å². The van der Waals surface area contributed by atoms with Crippen LogP contribution in [0.5, 0.6) is 11.6 Å². The average Bonchev–Trinajstić information content (AvgIpc) is 2.86. The van der Waals surface area contributed by atoms with E-state index >= 15 is 0 Å². The lowest BCUT2D eigenvalue weighted by Gasteiger charge is -2.45. The molecule has 7 nitrogen and oxygen atoms in total. The fourth-order valence-corrected chi connectivity index (χ4v) is 5.79. The molecular formula is C34H55N5O2. The summed E-state index contributed by atoms with van der Waals surface area (Å²) >= 11 is 0. The highest BCUT2D eigenvalue weighted by Crippen LogP contribution is 2.32. The van der Waals surface area contributed by atoms with E-state index in [0.29, 0.717) is 11.9 Å². The molecule has 2 aromatic rings. The average molecular weight is 566 g/mol. The molecule has 41 heavy (non-hydrogen) atoms. The van der Waals surface area contributed by atoms with Crippen LogP contribution in [0, 0.1) is 0 Å². The Morgan fingerprint density at radius 3 is 2.12 bits per heavy atom. The van der Waals surface area contributed by atoms with Crippen molar-refractivity contribution in [3.05, 3.63) is 42.2 Å². The SMILES string of the molecule is CC(C)(C)NC1CC(Oc2ccc(OC(C)(C)CCC(C)(C)N3CCN(c4cc(C(C)(C)C)ccn4)CC3)cn2)C1. The number of nitrogens with one attached hydrogen (secondary N) is 1. The molecule has 228 valence electrons. The second kappa shape index (κ2) is 12.1. The van der Waals surface area contributed by atoms with Crippen molar-refractivity contribution < 1.29 is 9.47 Å². The Kier molecular flexibility index (Phi) is 9.30. The summed E-state index contributed by atoms with van der Waals surface area (Å²) in [6.45, 7) is 26.6.